The van der Waals surface area contributed by atoms with E-state index >= 15 is 0 Å². The molecular formula is C10H9N3OS. The van der Waals surface area contributed by atoms with Crippen molar-refractivity contribution in [1.82, 2.24) is 9.55 Å². The number of fused-ring (bicyclic) bond motifs is 1. The smallest absolute Gasteiger partial charge is 0.270 e. The Morgan fingerprint density at radius 3 is 3.27 bits per heavy atom. The van der Waals surface area contributed by atoms with Gasteiger partial charge in [-0.2, -0.15) is 0 Å². The molecule has 2 aromatic rings. The van der Waals surface area contributed by atoms with Crippen LogP contribution in [0.15, 0.2) is 28.1 Å². The zero-order valence-corrected chi connectivity index (χ0v) is 8.75. The zero-order valence-electron chi connectivity index (χ0n) is 7.93. The normalized spacial score (nSPS) is 15.3. The van der Waals surface area contributed by atoms with Crippen LogP contribution in [0.4, 0.5) is 0 Å². The third-order valence-electron chi connectivity index (χ3n) is 2.37. The average molecular weight is 219 g/mol. The molecule has 3 rings (SSSR count). The Hall–Kier alpha value is -1.62. The summed E-state index contributed by atoms with van der Waals surface area (Å²) in [5.41, 5.74) is 1.03. The number of nitrogens with one attached hydrogen (secondary N) is 1. The molecule has 2 aromatic heterocycles. The highest BCUT2D eigenvalue weighted by Gasteiger charge is 2.09. The van der Waals surface area contributed by atoms with Gasteiger partial charge in [-0.1, -0.05) is 11.3 Å². The number of hydrogen-bond donors (Lipinski definition) is 1. The molecule has 0 spiro atoms. The molecule has 1 aliphatic heterocycles. The van der Waals surface area contributed by atoms with Crippen LogP contribution in [0.3, 0.4) is 0 Å². The predicted molar refractivity (Wildman–Crippen MR) is 58.6 cm³/mol. The summed E-state index contributed by atoms with van der Waals surface area (Å²) in [6, 6.07) is 3.85. The first-order valence-corrected chi connectivity index (χ1v) is 5.55. The van der Waals surface area contributed by atoms with Crippen LogP contribution >= 0.6 is 11.3 Å². The lowest BCUT2D eigenvalue weighted by Crippen LogP contribution is -2.29. The molecule has 0 bridgehead atoms. The second kappa shape index (κ2) is 3.20. The highest BCUT2D eigenvalue weighted by molar-refractivity contribution is 7.07. The molecule has 0 saturated carbocycles. The van der Waals surface area contributed by atoms with Gasteiger partial charge in [-0.15, -0.1) is 0 Å². The van der Waals surface area contributed by atoms with Crippen LogP contribution in [-0.4, -0.2) is 16.1 Å². The molecule has 1 N–H and O–H groups in total. The summed E-state index contributed by atoms with van der Waals surface area (Å²) >= 11 is 1.46. The fourth-order valence-electron chi connectivity index (χ4n) is 1.64. The maximum atomic E-state index is 11.9. The van der Waals surface area contributed by atoms with Gasteiger partial charge in [-0.05, 0) is 18.2 Å². The fraction of sp³-hybridized carbons (Fsp3) is 0.200. The Morgan fingerprint density at radius 1 is 1.60 bits per heavy atom. The van der Waals surface area contributed by atoms with E-state index in [-0.39, 0.29) is 5.56 Å². The third kappa shape index (κ3) is 1.35. The van der Waals surface area contributed by atoms with Crippen LogP contribution < -0.4 is 14.9 Å². The van der Waals surface area contributed by atoms with Gasteiger partial charge in [0.2, 0.25) is 0 Å². The molecule has 0 unspecified atom stereocenters. The van der Waals surface area contributed by atoms with Crippen LogP contribution in [0, 0.1) is 0 Å². The number of nitrogens with zero attached hydrogens (tertiary/aromatic N) is 2. The summed E-state index contributed by atoms with van der Waals surface area (Å²) in [5, 5.41) is 0. The zero-order chi connectivity index (χ0) is 10.3. The van der Waals surface area contributed by atoms with Crippen LogP contribution in [0.2, 0.25) is 0 Å². The topological polar surface area (TPSA) is 50.1 Å². The largest absolute Gasteiger partial charge is 0.362 e. The Labute approximate surface area is 89.2 Å². The lowest BCUT2D eigenvalue weighted by molar-refractivity contribution is 0.740. The molecule has 1 aliphatic rings. The van der Waals surface area contributed by atoms with E-state index in [1.54, 1.807) is 4.57 Å². The van der Waals surface area contributed by atoms with Gasteiger partial charge >= 0.3 is 0 Å². The summed E-state index contributed by atoms with van der Waals surface area (Å²) < 4.78 is 2.48. The number of rotatable bonds is 1. The van der Waals surface area contributed by atoms with Crippen LogP contribution in [-0.2, 0) is 6.54 Å². The minimum Gasteiger partial charge on any atom is -0.362 e. The van der Waals surface area contributed by atoms with Crippen molar-refractivity contribution in [3.05, 3.63) is 43.7 Å². The molecule has 5 heteroatoms. The van der Waals surface area contributed by atoms with Crippen molar-refractivity contribution in [3.8, 4) is 0 Å². The lowest BCUT2D eigenvalue weighted by atomic mass is 10.4. The lowest BCUT2D eigenvalue weighted by Gasteiger charge is -1.86. The van der Waals surface area contributed by atoms with Gasteiger partial charge in [0.15, 0.2) is 4.80 Å². The predicted octanol–water partition coefficient (Wildman–Crippen LogP) is -0.300. The van der Waals surface area contributed by atoms with Crippen molar-refractivity contribution in [2.45, 2.75) is 6.54 Å². The molecular weight excluding hydrogens is 210 g/mol. The van der Waals surface area contributed by atoms with Crippen LogP contribution in [0.5, 0.6) is 0 Å². The summed E-state index contributed by atoms with van der Waals surface area (Å²) in [4.78, 5) is 20.0. The van der Waals surface area contributed by atoms with E-state index in [1.807, 2.05) is 24.4 Å². The van der Waals surface area contributed by atoms with Gasteiger partial charge in [0, 0.05) is 18.4 Å². The van der Waals surface area contributed by atoms with E-state index in [0.29, 0.717) is 0 Å². The first kappa shape index (κ1) is 8.67. The van der Waals surface area contributed by atoms with Crippen LogP contribution in [0.1, 0.15) is 5.69 Å². The Bertz CT molecular complexity index is 648. The van der Waals surface area contributed by atoms with Crippen molar-refractivity contribution in [3.63, 3.8) is 0 Å². The Balaban J connectivity index is 2.26. The SMILES string of the molecule is O=c1c(=Cc2ccc[nH]2)sc2n1CCN=2. The van der Waals surface area contributed by atoms with E-state index in [9.17, 15) is 4.79 Å². The van der Waals surface area contributed by atoms with Crippen molar-refractivity contribution in [1.29, 1.82) is 0 Å². The number of aromatic nitrogens is 2. The average Bonchev–Trinajstić information content (AvgIpc) is 2.89. The molecule has 0 radical (unpaired) electrons. The first-order valence-electron chi connectivity index (χ1n) is 4.74. The summed E-state index contributed by atoms with van der Waals surface area (Å²) in [6.07, 6.45) is 3.71. The minimum absolute atomic E-state index is 0.0749. The fourth-order valence-corrected chi connectivity index (χ4v) is 2.66. The van der Waals surface area contributed by atoms with Crippen LogP contribution in [0.25, 0.3) is 6.08 Å². The van der Waals surface area contributed by atoms with Gasteiger partial charge in [0.25, 0.3) is 5.56 Å². The standard InChI is InChI=1S/C10H9N3OS/c14-9-8(6-7-2-1-3-11-7)15-10-12-4-5-13(9)10/h1-3,6,11H,4-5H2. The molecule has 4 nitrogen and oxygen atoms in total. The summed E-state index contributed by atoms with van der Waals surface area (Å²) in [6.45, 7) is 1.47. The minimum atomic E-state index is 0.0749. The van der Waals surface area contributed by atoms with Gasteiger partial charge in [0.1, 0.15) is 0 Å². The molecule has 3 heterocycles. The maximum Gasteiger partial charge on any atom is 0.270 e. The molecule has 0 aliphatic carbocycles. The van der Waals surface area contributed by atoms with Crippen molar-refractivity contribution in [2.24, 2.45) is 4.99 Å². The molecule has 0 atom stereocenters. The second-order valence-corrected chi connectivity index (χ2v) is 4.37. The highest BCUT2D eigenvalue weighted by atomic mass is 32.1. The molecule has 0 saturated heterocycles. The number of thiazole rings is 1. The summed E-state index contributed by atoms with van der Waals surface area (Å²) in [5.74, 6) is 0. The van der Waals surface area contributed by atoms with Gasteiger partial charge < -0.3 is 4.98 Å². The van der Waals surface area contributed by atoms with E-state index in [4.69, 9.17) is 0 Å². The van der Waals surface area contributed by atoms with Crippen molar-refractivity contribution in [2.75, 3.05) is 6.54 Å². The molecule has 0 amide bonds. The Morgan fingerprint density at radius 2 is 2.53 bits per heavy atom. The molecule has 76 valence electrons. The van der Waals surface area contributed by atoms with E-state index in [0.717, 1.165) is 28.1 Å². The number of H-pyrrole nitrogens is 1. The second-order valence-electron chi connectivity index (χ2n) is 3.36. The highest BCUT2D eigenvalue weighted by Crippen LogP contribution is 1.94. The molecule has 0 fully saturated rings. The van der Waals surface area contributed by atoms with Gasteiger partial charge in [0.05, 0.1) is 11.1 Å². The van der Waals surface area contributed by atoms with Crippen molar-refractivity contribution < 1.29 is 0 Å². The molecule has 0 aromatic carbocycles. The quantitative estimate of drug-likeness (QED) is 0.703. The van der Waals surface area contributed by atoms with E-state index in [2.05, 4.69) is 9.98 Å². The monoisotopic (exact) mass is 219 g/mol. The van der Waals surface area contributed by atoms with E-state index < -0.39 is 0 Å². The van der Waals surface area contributed by atoms with Gasteiger partial charge in [-0.25, -0.2) is 0 Å². The summed E-state index contributed by atoms with van der Waals surface area (Å²) in [7, 11) is 0. The third-order valence-corrected chi connectivity index (χ3v) is 3.41. The Kier molecular flexibility index (Phi) is 1.85. The first-order chi connectivity index (χ1) is 7.34. The number of hydrogen-bond acceptors (Lipinski definition) is 3. The number of aromatic amines is 1. The van der Waals surface area contributed by atoms with E-state index in [1.165, 1.54) is 11.3 Å². The van der Waals surface area contributed by atoms with Gasteiger partial charge in [-0.3, -0.25) is 14.4 Å². The van der Waals surface area contributed by atoms with Crippen molar-refractivity contribution >= 4 is 17.4 Å². The molecule has 15 heavy (non-hydrogen) atoms. The maximum absolute atomic E-state index is 11.9.